The Labute approximate surface area is 84.0 Å². The monoisotopic (exact) mass is 204 g/mol. The second-order valence-corrected chi connectivity index (χ2v) is 3.39. The van der Waals surface area contributed by atoms with Crippen LogP contribution in [0.4, 0.5) is 4.79 Å². The minimum atomic E-state index is -0.500. The van der Waals surface area contributed by atoms with Crippen LogP contribution >= 0.6 is 12.2 Å². The van der Waals surface area contributed by atoms with Gasteiger partial charge < -0.3 is 10.1 Å². The van der Waals surface area contributed by atoms with Crippen LogP contribution in [0.1, 0.15) is 20.8 Å². The number of rotatable bonds is 3. The fourth-order valence-corrected chi connectivity index (χ4v) is 0.804. The zero-order valence-corrected chi connectivity index (χ0v) is 9.03. The normalized spacial score (nSPS) is 9.54. The number of hydrogen-bond acceptors (Lipinski definition) is 3. The second-order valence-electron chi connectivity index (χ2n) is 2.98. The number of nitrogens with one attached hydrogen (secondary N) is 2. The van der Waals surface area contributed by atoms with Crippen molar-refractivity contribution in [2.24, 2.45) is 5.92 Å². The molecule has 0 atom stereocenters. The SMILES string of the molecule is CCNC(=S)NC(=O)OCC(C)C. The molecule has 0 unspecified atom stereocenters. The first-order valence-corrected chi connectivity index (χ1v) is 4.68. The molecule has 0 spiro atoms. The van der Waals surface area contributed by atoms with Crippen molar-refractivity contribution in [1.29, 1.82) is 0 Å². The number of carbonyl (C=O) groups is 1. The second kappa shape index (κ2) is 6.65. The van der Waals surface area contributed by atoms with E-state index < -0.39 is 6.09 Å². The quantitative estimate of drug-likeness (QED) is 0.680. The van der Waals surface area contributed by atoms with E-state index in [1.807, 2.05) is 20.8 Å². The van der Waals surface area contributed by atoms with E-state index in [9.17, 15) is 4.79 Å². The highest BCUT2D eigenvalue weighted by molar-refractivity contribution is 7.80. The van der Waals surface area contributed by atoms with Crippen LogP contribution in [0, 0.1) is 5.92 Å². The summed E-state index contributed by atoms with van der Waals surface area (Å²) in [6.07, 6.45) is -0.500. The van der Waals surface area contributed by atoms with Gasteiger partial charge in [-0.1, -0.05) is 13.8 Å². The number of carbonyl (C=O) groups excluding carboxylic acids is 1. The third kappa shape index (κ3) is 7.52. The van der Waals surface area contributed by atoms with E-state index in [-0.39, 0.29) is 0 Å². The first-order chi connectivity index (χ1) is 6.06. The first kappa shape index (κ1) is 12.2. The predicted octanol–water partition coefficient (Wildman–Crippen LogP) is 1.26. The lowest BCUT2D eigenvalue weighted by atomic mass is 10.2. The van der Waals surface area contributed by atoms with Gasteiger partial charge in [0.2, 0.25) is 0 Å². The van der Waals surface area contributed by atoms with Crippen molar-refractivity contribution < 1.29 is 9.53 Å². The molecule has 76 valence electrons. The van der Waals surface area contributed by atoms with Gasteiger partial charge in [-0.25, -0.2) is 4.79 Å². The van der Waals surface area contributed by atoms with Gasteiger partial charge in [0.1, 0.15) is 0 Å². The molecule has 0 aromatic rings. The van der Waals surface area contributed by atoms with Crippen molar-refractivity contribution in [2.75, 3.05) is 13.2 Å². The van der Waals surface area contributed by atoms with Crippen LogP contribution in [-0.4, -0.2) is 24.4 Å². The van der Waals surface area contributed by atoms with Gasteiger partial charge in [-0.3, -0.25) is 5.32 Å². The van der Waals surface area contributed by atoms with Gasteiger partial charge >= 0.3 is 6.09 Å². The molecular formula is C8H16N2O2S. The van der Waals surface area contributed by atoms with E-state index in [1.165, 1.54) is 0 Å². The number of ether oxygens (including phenoxy) is 1. The van der Waals surface area contributed by atoms with Crippen LogP contribution in [0.2, 0.25) is 0 Å². The highest BCUT2D eigenvalue weighted by atomic mass is 32.1. The molecule has 5 heteroatoms. The lowest BCUT2D eigenvalue weighted by Crippen LogP contribution is -2.39. The number of alkyl carbamates (subject to hydrolysis) is 1. The highest BCUT2D eigenvalue weighted by Crippen LogP contribution is 1.92. The number of thiocarbonyl (C=S) groups is 1. The predicted molar refractivity (Wildman–Crippen MR) is 55.6 cm³/mol. The summed E-state index contributed by atoms with van der Waals surface area (Å²) in [5, 5.41) is 5.48. The summed E-state index contributed by atoms with van der Waals surface area (Å²) in [6.45, 7) is 6.92. The first-order valence-electron chi connectivity index (χ1n) is 4.27. The van der Waals surface area contributed by atoms with Gasteiger partial charge in [0.25, 0.3) is 0 Å². The molecule has 0 aromatic carbocycles. The zero-order chi connectivity index (χ0) is 10.3. The van der Waals surface area contributed by atoms with Crippen LogP contribution in [0.5, 0.6) is 0 Å². The van der Waals surface area contributed by atoms with Crippen molar-refractivity contribution in [2.45, 2.75) is 20.8 Å². The van der Waals surface area contributed by atoms with Crippen LogP contribution in [-0.2, 0) is 4.74 Å². The molecule has 0 rings (SSSR count). The topological polar surface area (TPSA) is 50.4 Å². The molecule has 0 aromatic heterocycles. The molecule has 0 radical (unpaired) electrons. The van der Waals surface area contributed by atoms with Crippen LogP contribution < -0.4 is 10.6 Å². The molecule has 0 saturated carbocycles. The van der Waals surface area contributed by atoms with E-state index >= 15 is 0 Å². The molecule has 0 aliphatic rings. The largest absolute Gasteiger partial charge is 0.449 e. The Bertz CT molecular complexity index is 183. The smallest absolute Gasteiger partial charge is 0.413 e. The summed E-state index contributed by atoms with van der Waals surface area (Å²) in [4.78, 5) is 11.0. The van der Waals surface area contributed by atoms with Gasteiger partial charge in [-0.15, -0.1) is 0 Å². The van der Waals surface area contributed by atoms with Gasteiger partial charge in [-0.2, -0.15) is 0 Å². The zero-order valence-electron chi connectivity index (χ0n) is 8.22. The van der Waals surface area contributed by atoms with Gasteiger partial charge in [0.05, 0.1) is 6.61 Å². The molecule has 0 saturated heterocycles. The van der Waals surface area contributed by atoms with E-state index in [1.54, 1.807) is 0 Å². The van der Waals surface area contributed by atoms with E-state index in [0.29, 0.717) is 24.2 Å². The maximum absolute atomic E-state index is 11.0. The standard InChI is InChI=1S/C8H16N2O2S/c1-4-9-7(13)10-8(11)12-5-6(2)3/h6H,4-5H2,1-3H3,(H2,9,10,11,13). The summed E-state index contributed by atoms with van der Waals surface area (Å²) in [5.41, 5.74) is 0. The van der Waals surface area contributed by atoms with E-state index in [0.717, 1.165) is 0 Å². The Morgan fingerprint density at radius 1 is 1.54 bits per heavy atom. The Balaban J connectivity index is 3.56. The van der Waals surface area contributed by atoms with Crippen molar-refractivity contribution in [3.63, 3.8) is 0 Å². The van der Waals surface area contributed by atoms with Crippen LogP contribution in [0.15, 0.2) is 0 Å². The van der Waals surface area contributed by atoms with Gasteiger partial charge in [-0.05, 0) is 25.1 Å². The van der Waals surface area contributed by atoms with Crippen molar-refractivity contribution in [1.82, 2.24) is 10.6 Å². The van der Waals surface area contributed by atoms with Crippen LogP contribution in [0.3, 0.4) is 0 Å². The Morgan fingerprint density at radius 3 is 2.62 bits per heavy atom. The molecule has 13 heavy (non-hydrogen) atoms. The van der Waals surface area contributed by atoms with Crippen LogP contribution in [0.25, 0.3) is 0 Å². The third-order valence-electron chi connectivity index (χ3n) is 1.10. The molecular weight excluding hydrogens is 188 g/mol. The average Bonchev–Trinajstić information content (AvgIpc) is 2.01. The molecule has 0 aliphatic carbocycles. The Morgan fingerprint density at radius 2 is 2.15 bits per heavy atom. The molecule has 0 bridgehead atoms. The summed E-state index contributed by atoms with van der Waals surface area (Å²) in [5.74, 6) is 0.332. The minimum Gasteiger partial charge on any atom is -0.449 e. The lowest BCUT2D eigenvalue weighted by Gasteiger charge is -2.09. The molecule has 2 N–H and O–H groups in total. The summed E-state index contributed by atoms with van der Waals surface area (Å²) in [6, 6.07) is 0. The third-order valence-corrected chi connectivity index (χ3v) is 1.35. The van der Waals surface area contributed by atoms with Crippen molar-refractivity contribution >= 4 is 23.4 Å². The summed E-state index contributed by atoms with van der Waals surface area (Å²) < 4.78 is 4.84. The molecule has 1 amide bonds. The fraction of sp³-hybridized carbons (Fsp3) is 0.750. The lowest BCUT2D eigenvalue weighted by molar-refractivity contribution is 0.138. The molecule has 0 aliphatic heterocycles. The minimum absolute atomic E-state index is 0.302. The van der Waals surface area contributed by atoms with Crippen molar-refractivity contribution in [3.05, 3.63) is 0 Å². The molecule has 0 heterocycles. The van der Waals surface area contributed by atoms with Gasteiger partial charge in [0.15, 0.2) is 5.11 Å². The molecule has 0 fully saturated rings. The average molecular weight is 204 g/mol. The van der Waals surface area contributed by atoms with E-state index in [4.69, 9.17) is 17.0 Å². The summed E-state index contributed by atoms with van der Waals surface area (Å²) >= 11 is 4.79. The van der Waals surface area contributed by atoms with Crippen molar-refractivity contribution in [3.8, 4) is 0 Å². The summed E-state index contributed by atoms with van der Waals surface area (Å²) in [7, 11) is 0. The number of amides is 1. The fourth-order valence-electron chi connectivity index (χ4n) is 0.576. The van der Waals surface area contributed by atoms with Gasteiger partial charge in [0, 0.05) is 6.54 Å². The molecule has 4 nitrogen and oxygen atoms in total. The maximum Gasteiger partial charge on any atom is 0.413 e. The van der Waals surface area contributed by atoms with E-state index in [2.05, 4.69) is 10.6 Å². The number of hydrogen-bond donors (Lipinski definition) is 2. The Hall–Kier alpha value is -0.840. The maximum atomic E-state index is 11.0. The Kier molecular flexibility index (Phi) is 6.22. The highest BCUT2D eigenvalue weighted by Gasteiger charge is 2.04.